The maximum Gasteiger partial charge on any atom is 0.573 e. The van der Waals surface area contributed by atoms with E-state index in [9.17, 15) is 18.0 Å². The van der Waals surface area contributed by atoms with Crippen LogP contribution in [-0.4, -0.2) is 30.1 Å². The Labute approximate surface area is 131 Å². The second-order valence-corrected chi connectivity index (χ2v) is 5.54. The Morgan fingerprint density at radius 2 is 1.87 bits per heavy atom. The number of anilines is 1. The van der Waals surface area contributed by atoms with Crippen LogP contribution in [0.5, 0.6) is 5.75 Å². The van der Waals surface area contributed by atoms with E-state index >= 15 is 0 Å². The minimum Gasteiger partial charge on any atom is -0.404 e. The molecule has 1 saturated carbocycles. The Morgan fingerprint density at radius 3 is 2.48 bits per heavy atom. The molecule has 2 amide bonds. The van der Waals surface area contributed by atoms with E-state index < -0.39 is 18.1 Å². The number of halogens is 3. The molecule has 0 bridgehead atoms. The van der Waals surface area contributed by atoms with Gasteiger partial charge >= 0.3 is 12.4 Å². The second-order valence-electron chi connectivity index (χ2n) is 5.54. The van der Waals surface area contributed by atoms with Crippen molar-refractivity contribution in [3.63, 3.8) is 0 Å². The topological polar surface area (TPSA) is 70.6 Å². The SMILES string of the molecule is O=C(Nc1ccccc1OC(F)(F)F)NC1CCC(CO)CC1. The summed E-state index contributed by atoms with van der Waals surface area (Å²) >= 11 is 0. The van der Waals surface area contributed by atoms with Crippen LogP contribution in [0.2, 0.25) is 0 Å². The van der Waals surface area contributed by atoms with Crippen molar-refractivity contribution in [1.82, 2.24) is 5.32 Å². The molecule has 0 saturated heterocycles. The zero-order valence-electron chi connectivity index (χ0n) is 12.4. The molecular weight excluding hydrogens is 313 g/mol. The fourth-order valence-electron chi connectivity index (χ4n) is 2.62. The number of alkyl halides is 3. The molecule has 0 aromatic heterocycles. The molecule has 3 N–H and O–H groups in total. The van der Waals surface area contributed by atoms with Crippen molar-refractivity contribution in [2.45, 2.75) is 38.1 Å². The van der Waals surface area contributed by atoms with Crippen LogP contribution >= 0.6 is 0 Å². The van der Waals surface area contributed by atoms with Crippen molar-refractivity contribution in [3.05, 3.63) is 24.3 Å². The molecule has 2 rings (SSSR count). The lowest BCUT2D eigenvalue weighted by atomic mass is 9.87. The highest BCUT2D eigenvalue weighted by Crippen LogP contribution is 2.30. The Hall–Kier alpha value is -1.96. The predicted molar refractivity (Wildman–Crippen MR) is 78.1 cm³/mol. The molecule has 23 heavy (non-hydrogen) atoms. The molecule has 5 nitrogen and oxygen atoms in total. The lowest BCUT2D eigenvalue weighted by molar-refractivity contribution is -0.274. The second kappa shape index (κ2) is 7.54. The summed E-state index contributed by atoms with van der Waals surface area (Å²) in [5.41, 5.74) is -0.0497. The smallest absolute Gasteiger partial charge is 0.404 e. The molecule has 1 fully saturated rings. The number of urea groups is 1. The van der Waals surface area contributed by atoms with Gasteiger partial charge in [0, 0.05) is 12.6 Å². The van der Waals surface area contributed by atoms with Gasteiger partial charge in [-0.1, -0.05) is 12.1 Å². The standard InChI is InChI=1S/C15H19F3N2O3/c16-15(17,18)23-13-4-2-1-3-12(13)20-14(22)19-11-7-5-10(9-21)6-8-11/h1-4,10-11,21H,5-9H2,(H2,19,20,22). The zero-order valence-corrected chi connectivity index (χ0v) is 12.4. The van der Waals surface area contributed by atoms with Crippen molar-refractivity contribution in [2.24, 2.45) is 5.92 Å². The third-order valence-corrected chi connectivity index (χ3v) is 3.80. The molecule has 1 aromatic rings. The van der Waals surface area contributed by atoms with Gasteiger partial charge in [0.25, 0.3) is 0 Å². The van der Waals surface area contributed by atoms with Crippen LogP contribution < -0.4 is 15.4 Å². The van der Waals surface area contributed by atoms with Crippen molar-refractivity contribution >= 4 is 11.7 Å². The van der Waals surface area contributed by atoms with Gasteiger partial charge < -0.3 is 20.5 Å². The van der Waals surface area contributed by atoms with Crippen molar-refractivity contribution in [1.29, 1.82) is 0 Å². The van der Waals surface area contributed by atoms with Gasteiger partial charge in [-0.25, -0.2) is 4.79 Å². The van der Waals surface area contributed by atoms with Crippen LogP contribution in [-0.2, 0) is 0 Å². The quantitative estimate of drug-likeness (QED) is 0.792. The number of carbonyl (C=O) groups is 1. The molecule has 0 heterocycles. The molecule has 1 aliphatic carbocycles. The number of carbonyl (C=O) groups excluding carboxylic acids is 1. The van der Waals surface area contributed by atoms with E-state index in [-0.39, 0.29) is 24.3 Å². The lowest BCUT2D eigenvalue weighted by Crippen LogP contribution is -2.40. The van der Waals surface area contributed by atoms with Gasteiger partial charge in [-0.2, -0.15) is 0 Å². The molecule has 0 aliphatic heterocycles. The average Bonchev–Trinajstić information content (AvgIpc) is 2.48. The van der Waals surface area contributed by atoms with Crippen molar-refractivity contribution in [2.75, 3.05) is 11.9 Å². The maximum absolute atomic E-state index is 12.3. The average molecular weight is 332 g/mol. The van der Waals surface area contributed by atoms with Crippen molar-refractivity contribution < 1.29 is 27.8 Å². The molecule has 0 spiro atoms. The Bertz CT molecular complexity index is 529. The molecule has 128 valence electrons. The summed E-state index contributed by atoms with van der Waals surface area (Å²) in [5, 5.41) is 14.2. The fourth-order valence-corrected chi connectivity index (χ4v) is 2.62. The van der Waals surface area contributed by atoms with E-state index in [4.69, 9.17) is 5.11 Å². The van der Waals surface area contributed by atoms with Gasteiger partial charge in [-0.3, -0.25) is 0 Å². The first-order valence-electron chi connectivity index (χ1n) is 7.40. The molecule has 0 radical (unpaired) electrons. The van der Waals surface area contributed by atoms with E-state index in [1.807, 2.05) is 0 Å². The summed E-state index contributed by atoms with van der Waals surface area (Å²) in [6, 6.07) is 4.74. The number of aliphatic hydroxyl groups is 1. The number of benzene rings is 1. The van der Waals surface area contributed by atoms with E-state index in [0.717, 1.165) is 31.7 Å². The Kier molecular flexibility index (Phi) is 5.70. The molecular formula is C15H19F3N2O3. The van der Waals surface area contributed by atoms with E-state index in [2.05, 4.69) is 15.4 Å². The van der Waals surface area contributed by atoms with Crippen LogP contribution in [0.1, 0.15) is 25.7 Å². The van der Waals surface area contributed by atoms with Crippen LogP contribution in [0.4, 0.5) is 23.7 Å². The number of aliphatic hydroxyl groups excluding tert-OH is 1. The Morgan fingerprint density at radius 1 is 1.22 bits per heavy atom. The highest BCUT2D eigenvalue weighted by Gasteiger charge is 2.32. The van der Waals surface area contributed by atoms with Gasteiger partial charge in [0.1, 0.15) is 0 Å². The van der Waals surface area contributed by atoms with E-state index in [1.54, 1.807) is 0 Å². The van der Waals surface area contributed by atoms with E-state index in [1.165, 1.54) is 18.2 Å². The minimum absolute atomic E-state index is 0.0477. The summed E-state index contributed by atoms with van der Waals surface area (Å²) in [7, 11) is 0. The molecule has 8 heteroatoms. The van der Waals surface area contributed by atoms with Gasteiger partial charge in [0.2, 0.25) is 0 Å². The van der Waals surface area contributed by atoms with Gasteiger partial charge in [-0.05, 0) is 43.7 Å². The van der Waals surface area contributed by atoms with Gasteiger partial charge in [0.05, 0.1) is 5.69 Å². The Balaban J connectivity index is 1.91. The molecule has 1 aromatic carbocycles. The summed E-state index contributed by atoms with van der Waals surface area (Å²) < 4.78 is 40.9. The number of para-hydroxylation sites is 2. The van der Waals surface area contributed by atoms with Crippen molar-refractivity contribution in [3.8, 4) is 5.75 Å². The number of rotatable bonds is 4. The monoisotopic (exact) mass is 332 g/mol. The summed E-state index contributed by atoms with van der Waals surface area (Å²) in [5.74, 6) is -0.198. The molecule has 0 unspecified atom stereocenters. The zero-order chi connectivity index (χ0) is 16.9. The fraction of sp³-hybridized carbons (Fsp3) is 0.533. The number of hydrogen-bond acceptors (Lipinski definition) is 3. The van der Waals surface area contributed by atoms with Crippen LogP contribution in [0.15, 0.2) is 24.3 Å². The minimum atomic E-state index is -4.82. The molecule has 1 aliphatic rings. The summed E-state index contributed by atoms with van der Waals surface area (Å²) in [6.45, 7) is 0.140. The summed E-state index contributed by atoms with van der Waals surface area (Å²) in [6.07, 6.45) is -1.72. The van der Waals surface area contributed by atoms with Crippen LogP contribution in [0, 0.1) is 5.92 Å². The lowest BCUT2D eigenvalue weighted by Gasteiger charge is -2.28. The first-order chi connectivity index (χ1) is 10.9. The number of nitrogens with one attached hydrogen (secondary N) is 2. The van der Waals surface area contributed by atoms with Gasteiger partial charge in [0.15, 0.2) is 5.75 Å². The largest absolute Gasteiger partial charge is 0.573 e. The van der Waals surface area contributed by atoms with Crippen LogP contribution in [0.3, 0.4) is 0 Å². The first-order valence-corrected chi connectivity index (χ1v) is 7.40. The third-order valence-electron chi connectivity index (χ3n) is 3.80. The van der Waals surface area contributed by atoms with Gasteiger partial charge in [-0.15, -0.1) is 13.2 Å². The number of hydrogen-bond donors (Lipinski definition) is 3. The highest BCUT2D eigenvalue weighted by atomic mass is 19.4. The molecule has 0 atom stereocenters. The summed E-state index contributed by atoms with van der Waals surface area (Å²) in [4.78, 5) is 11.9. The first kappa shape index (κ1) is 17.4. The number of amides is 2. The highest BCUT2D eigenvalue weighted by molar-refractivity contribution is 5.91. The van der Waals surface area contributed by atoms with E-state index in [0.29, 0.717) is 0 Å². The van der Waals surface area contributed by atoms with Crippen LogP contribution in [0.25, 0.3) is 0 Å². The third kappa shape index (κ3) is 5.63. The number of ether oxygens (including phenoxy) is 1. The maximum atomic E-state index is 12.3. The predicted octanol–water partition coefficient (Wildman–Crippen LogP) is 3.26. The normalized spacial score (nSPS) is 21.6.